The fraction of sp³-hybridized carbons (Fsp3) is 0.417. The highest BCUT2D eigenvalue weighted by atomic mass is 32.2. The van der Waals surface area contributed by atoms with Gasteiger partial charge in [0.25, 0.3) is 0 Å². The van der Waals surface area contributed by atoms with Gasteiger partial charge < -0.3 is 14.8 Å². The van der Waals surface area contributed by atoms with Gasteiger partial charge in [-0.3, -0.25) is 4.79 Å². The second-order valence-electron chi connectivity index (χ2n) is 8.21. The van der Waals surface area contributed by atoms with Gasteiger partial charge in [-0.25, -0.2) is 0 Å². The largest absolute Gasteiger partial charge is 0.378 e. The molecule has 0 spiro atoms. The molecule has 1 N–H and O–H groups in total. The number of aryl methyl sites for hydroxylation is 1. The van der Waals surface area contributed by atoms with E-state index in [1.54, 1.807) is 11.3 Å². The summed E-state index contributed by atoms with van der Waals surface area (Å²) >= 11 is 2.93. The van der Waals surface area contributed by atoms with Crippen molar-refractivity contribution >= 4 is 39.7 Å². The van der Waals surface area contributed by atoms with E-state index < -0.39 is 0 Å². The molecule has 1 aliphatic rings. The van der Waals surface area contributed by atoms with Crippen LogP contribution in [0.4, 0.5) is 10.7 Å². The van der Waals surface area contributed by atoms with Crippen LogP contribution >= 0.6 is 23.1 Å². The second-order valence-corrected chi connectivity index (χ2v) is 10.3. The number of fused-ring (bicyclic) bond motifs is 1. The molecule has 4 rings (SSSR count). The summed E-state index contributed by atoms with van der Waals surface area (Å²) in [5.41, 5.74) is 3.87. The number of benzene rings is 1. The fourth-order valence-electron chi connectivity index (χ4n) is 4.06. The number of thioether (sulfide) groups is 1. The van der Waals surface area contributed by atoms with Crippen molar-refractivity contribution in [2.45, 2.75) is 50.7 Å². The highest BCUT2D eigenvalue weighted by molar-refractivity contribution is 7.99. The van der Waals surface area contributed by atoms with Gasteiger partial charge in [0.05, 0.1) is 11.3 Å². The van der Waals surface area contributed by atoms with Crippen LogP contribution < -0.4 is 10.2 Å². The highest BCUT2D eigenvalue weighted by Gasteiger charge is 2.21. The van der Waals surface area contributed by atoms with Crippen molar-refractivity contribution in [3.05, 3.63) is 40.3 Å². The highest BCUT2D eigenvalue weighted by Crippen LogP contribution is 2.37. The van der Waals surface area contributed by atoms with Crippen molar-refractivity contribution in [3.63, 3.8) is 0 Å². The van der Waals surface area contributed by atoms with Gasteiger partial charge in [0.1, 0.15) is 11.1 Å². The Labute approximate surface area is 202 Å². The molecule has 0 aliphatic heterocycles. The molecule has 172 valence electrons. The summed E-state index contributed by atoms with van der Waals surface area (Å²) < 4.78 is 2.03. The molecule has 1 amide bonds. The van der Waals surface area contributed by atoms with E-state index in [4.69, 9.17) is 0 Å². The Morgan fingerprint density at radius 3 is 2.85 bits per heavy atom. The molecule has 7 nitrogen and oxygen atoms in total. The minimum Gasteiger partial charge on any atom is -0.378 e. The number of nitriles is 1. The van der Waals surface area contributed by atoms with Gasteiger partial charge in [0, 0.05) is 36.8 Å². The van der Waals surface area contributed by atoms with Crippen LogP contribution in [0, 0.1) is 11.3 Å². The van der Waals surface area contributed by atoms with Gasteiger partial charge in [-0.05, 0) is 50.3 Å². The molecule has 2 aromatic heterocycles. The van der Waals surface area contributed by atoms with Crippen LogP contribution in [0.3, 0.4) is 0 Å². The Bertz CT molecular complexity index is 1190. The van der Waals surface area contributed by atoms with E-state index in [0.29, 0.717) is 22.3 Å². The van der Waals surface area contributed by atoms with E-state index in [1.807, 2.05) is 37.7 Å². The minimum absolute atomic E-state index is 0.130. The van der Waals surface area contributed by atoms with Gasteiger partial charge in [0.15, 0.2) is 11.0 Å². The Hall–Kier alpha value is -2.83. The standard InChI is InChI=1S/C24H28N6OS2/c1-4-30-22(16-9-8-10-17(13-16)29(2)3)27-28-24(30)32-15-21(31)26-23-19(14-25)18-11-6-5-7-12-20(18)33-23/h8-10,13H,4-7,11-12,15H2,1-3H3,(H,26,31). The Morgan fingerprint density at radius 1 is 1.27 bits per heavy atom. The first kappa shape index (κ1) is 23.3. The maximum Gasteiger partial charge on any atom is 0.235 e. The third kappa shape index (κ3) is 5.07. The van der Waals surface area contributed by atoms with Gasteiger partial charge in [-0.1, -0.05) is 30.3 Å². The predicted molar refractivity (Wildman–Crippen MR) is 135 cm³/mol. The molecule has 1 aromatic carbocycles. The average molecular weight is 481 g/mol. The molecule has 0 atom stereocenters. The fourth-order valence-corrected chi connectivity index (χ4v) is 6.12. The Kier molecular flexibility index (Phi) is 7.36. The maximum atomic E-state index is 12.7. The van der Waals surface area contributed by atoms with E-state index in [1.165, 1.54) is 23.1 Å². The number of rotatable bonds is 7. The summed E-state index contributed by atoms with van der Waals surface area (Å²) in [7, 11) is 4.01. The van der Waals surface area contributed by atoms with Crippen molar-refractivity contribution in [2.24, 2.45) is 0 Å². The molecule has 1 aliphatic carbocycles. The van der Waals surface area contributed by atoms with Gasteiger partial charge in [0.2, 0.25) is 5.91 Å². The number of anilines is 2. The van der Waals surface area contributed by atoms with E-state index in [9.17, 15) is 10.1 Å². The minimum atomic E-state index is -0.130. The number of thiophene rings is 1. The summed E-state index contributed by atoms with van der Waals surface area (Å²) in [5, 5.41) is 22.8. The first-order valence-electron chi connectivity index (χ1n) is 11.2. The molecule has 3 aromatic rings. The molecule has 0 unspecified atom stereocenters. The van der Waals surface area contributed by atoms with E-state index in [0.717, 1.165) is 48.3 Å². The van der Waals surface area contributed by atoms with E-state index >= 15 is 0 Å². The number of hydrogen-bond acceptors (Lipinski definition) is 7. The number of nitrogens with zero attached hydrogens (tertiary/aromatic N) is 5. The SMILES string of the molecule is CCn1c(SCC(=O)Nc2sc3c(c2C#N)CCCCC3)nnc1-c1cccc(N(C)C)c1. The van der Waals surface area contributed by atoms with Crippen LogP contribution in [-0.2, 0) is 24.2 Å². The number of carbonyl (C=O) groups excluding carboxylic acids is 1. The smallest absolute Gasteiger partial charge is 0.235 e. The molecule has 0 saturated carbocycles. The van der Waals surface area contributed by atoms with Gasteiger partial charge >= 0.3 is 0 Å². The van der Waals surface area contributed by atoms with Crippen LogP contribution in [0.1, 0.15) is 42.2 Å². The van der Waals surface area contributed by atoms with Crippen molar-refractivity contribution < 1.29 is 4.79 Å². The molecule has 2 heterocycles. The molecule has 0 radical (unpaired) electrons. The number of hydrogen-bond donors (Lipinski definition) is 1. The zero-order chi connectivity index (χ0) is 23.4. The quantitative estimate of drug-likeness (QED) is 0.380. The Morgan fingerprint density at radius 2 is 2.09 bits per heavy atom. The average Bonchev–Trinajstić information content (AvgIpc) is 3.29. The summed E-state index contributed by atoms with van der Waals surface area (Å²) in [6.07, 6.45) is 5.37. The molecule has 9 heteroatoms. The lowest BCUT2D eigenvalue weighted by molar-refractivity contribution is -0.113. The predicted octanol–water partition coefficient (Wildman–Crippen LogP) is 4.96. The molecular formula is C24H28N6OS2. The van der Waals surface area contributed by atoms with Crippen LogP contribution in [0.25, 0.3) is 11.4 Å². The van der Waals surface area contributed by atoms with Gasteiger partial charge in [-0.15, -0.1) is 21.5 Å². The van der Waals surface area contributed by atoms with Crippen LogP contribution in [-0.4, -0.2) is 40.5 Å². The number of nitrogens with one attached hydrogen (secondary N) is 1. The molecule has 0 fully saturated rings. The van der Waals surface area contributed by atoms with Crippen LogP contribution in [0.2, 0.25) is 0 Å². The third-order valence-corrected chi connectivity index (χ3v) is 7.95. The first-order chi connectivity index (χ1) is 16.0. The number of amides is 1. The molecule has 33 heavy (non-hydrogen) atoms. The summed E-state index contributed by atoms with van der Waals surface area (Å²) in [6.45, 7) is 2.75. The van der Waals surface area contributed by atoms with E-state index in [-0.39, 0.29) is 11.7 Å². The van der Waals surface area contributed by atoms with Crippen molar-refractivity contribution in [1.82, 2.24) is 14.8 Å². The normalized spacial score (nSPS) is 13.2. The summed E-state index contributed by atoms with van der Waals surface area (Å²) in [6, 6.07) is 10.5. The first-order valence-corrected chi connectivity index (χ1v) is 13.0. The van der Waals surface area contributed by atoms with Crippen molar-refractivity contribution in [2.75, 3.05) is 30.1 Å². The lowest BCUT2D eigenvalue weighted by Gasteiger charge is -2.14. The van der Waals surface area contributed by atoms with Crippen LogP contribution in [0.5, 0.6) is 0 Å². The summed E-state index contributed by atoms with van der Waals surface area (Å²) in [4.78, 5) is 16.0. The maximum absolute atomic E-state index is 12.7. The van der Waals surface area contributed by atoms with Crippen molar-refractivity contribution in [1.29, 1.82) is 5.26 Å². The van der Waals surface area contributed by atoms with Crippen molar-refractivity contribution in [3.8, 4) is 17.5 Å². The molecule has 0 bridgehead atoms. The topological polar surface area (TPSA) is 86.8 Å². The number of aromatic nitrogens is 3. The van der Waals surface area contributed by atoms with Crippen LogP contribution in [0.15, 0.2) is 29.4 Å². The monoisotopic (exact) mass is 480 g/mol. The third-order valence-electron chi connectivity index (χ3n) is 5.77. The molecule has 0 saturated heterocycles. The lowest BCUT2D eigenvalue weighted by atomic mass is 10.1. The number of carbonyl (C=O) groups is 1. The second kappa shape index (κ2) is 10.4. The van der Waals surface area contributed by atoms with Gasteiger partial charge in [-0.2, -0.15) is 5.26 Å². The van der Waals surface area contributed by atoms with E-state index in [2.05, 4.69) is 38.6 Å². The lowest BCUT2D eigenvalue weighted by Crippen LogP contribution is -2.14. The zero-order valence-corrected chi connectivity index (χ0v) is 20.9. The summed E-state index contributed by atoms with van der Waals surface area (Å²) in [5.74, 6) is 0.871. The zero-order valence-electron chi connectivity index (χ0n) is 19.2. The Balaban J connectivity index is 1.47. The molecular weight excluding hydrogens is 452 g/mol.